The van der Waals surface area contributed by atoms with Gasteiger partial charge in [0.15, 0.2) is 0 Å². The van der Waals surface area contributed by atoms with E-state index in [1.807, 2.05) is 0 Å². The topological polar surface area (TPSA) is 27.7 Å². The number of nitrogens with one attached hydrogen (secondary N) is 1. The standard InChI is InChI=1S/C14H29N3O/c1-14(2)13(16-10-6-15-7-11-16)5-9-17(14)8-4-12-18-3/h13,15H,4-12H2,1-3H3. The van der Waals surface area contributed by atoms with E-state index in [1.165, 1.54) is 32.6 Å². The minimum absolute atomic E-state index is 0.311. The molecule has 0 aromatic carbocycles. The normalized spacial score (nSPS) is 29.8. The van der Waals surface area contributed by atoms with Crippen LogP contribution in [0.5, 0.6) is 0 Å². The SMILES string of the molecule is COCCCN1CCC(N2CCNCC2)C1(C)C. The lowest BCUT2D eigenvalue weighted by atomic mass is 9.93. The van der Waals surface area contributed by atoms with Crippen molar-refractivity contribution in [2.45, 2.75) is 38.3 Å². The lowest BCUT2D eigenvalue weighted by Gasteiger charge is -2.43. The van der Waals surface area contributed by atoms with E-state index in [9.17, 15) is 0 Å². The second-order valence-corrected chi connectivity index (χ2v) is 6.08. The molecule has 4 nitrogen and oxygen atoms in total. The first kappa shape index (κ1) is 14.3. The van der Waals surface area contributed by atoms with Crippen LogP contribution < -0.4 is 5.32 Å². The molecule has 0 amide bonds. The molecule has 2 rings (SSSR count). The van der Waals surface area contributed by atoms with Gasteiger partial charge < -0.3 is 10.1 Å². The Hall–Kier alpha value is -0.160. The molecule has 0 aromatic rings. The van der Waals surface area contributed by atoms with Crippen LogP contribution in [0.1, 0.15) is 26.7 Å². The van der Waals surface area contributed by atoms with Crippen molar-refractivity contribution in [1.29, 1.82) is 0 Å². The summed E-state index contributed by atoms with van der Waals surface area (Å²) < 4.78 is 5.17. The number of ether oxygens (including phenoxy) is 1. The van der Waals surface area contributed by atoms with Gasteiger partial charge in [-0.1, -0.05) is 0 Å². The van der Waals surface area contributed by atoms with E-state index in [0.29, 0.717) is 5.54 Å². The zero-order chi connectivity index (χ0) is 13.0. The van der Waals surface area contributed by atoms with E-state index >= 15 is 0 Å². The molecule has 4 heteroatoms. The second-order valence-electron chi connectivity index (χ2n) is 6.08. The van der Waals surface area contributed by atoms with Crippen molar-refractivity contribution in [3.05, 3.63) is 0 Å². The van der Waals surface area contributed by atoms with Crippen LogP contribution >= 0.6 is 0 Å². The molecule has 0 radical (unpaired) electrons. The molecular weight excluding hydrogens is 226 g/mol. The van der Waals surface area contributed by atoms with Gasteiger partial charge in [-0.25, -0.2) is 0 Å². The predicted octanol–water partition coefficient (Wildman–Crippen LogP) is 0.781. The Morgan fingerprint density at radius 2 is 1.94 bits per heavy atom. The second kappa shape index (κ2) is 6.33. The lowest BCUT2D eigenvalue weighted by molar-refractivity contribution is 0.0667. The molecule has 0 aromatic heterocycles. The zero-order valence-electron chi connectivity index (χ0n) is 12.2. The third-order valence-corrected chi connectivity index (χ3v) is 4.67. The molecule has 0 aliphatic carbocycles. The van der Waals surface area contributed by atoms with Crippen LogP contribution in [0.4, 0.5) is 0 Å². The maximum absolute atomic E-state index is 5.17. The Balaban J connectivity index is 1.89. The van der Waals surface area contributed by atoms with Gasteiger partial charge in [0.05, 0.1) is 0 Å². The van der Waals surface area contributed by atoms with Crippen molar-refractivity contribution in [2.75, 3.05) is 53.0 Å². The molecule has 2 fully saturated rings. The zero-order valence-corrected chi connectivity index (χ0v) is 12.2. The summed E-state index contributed by atoms with van der Waals surface area (Å²) in [5.74, 6) is 0. The molecule has 1 atom stereocenters. The number of rotatable bonds is 5. The number of hydrogen-bond donors (Lipinski definition) is 1. The largest absolute Gasteiger partial charge is 0.385 e. The lowest BCUT2D eigenvalue weighted by Crippen LogP contribution is -2.57. The summed E-state index contributed by atoms with van der Waals surface area (Å²) in [6.45, 7) is 12.8. The average molecular weight is 255 g/mol. The van der Waals surface area contributed by atoms with E-state index < -0.39 is 0 Å². The van der Waals surface area contributed by atoms with E-state index in [0.717, 1.165) is 32.2 Å². The molecule has 0 spiro atoms. The minimum Gasteiger partial charge on any atom is -0.385 e. The van der Waals surface area contributed by atoms with E-state index in [2.05, 4.69) is 29.0 Å². The Bertz CT molecular complexity index is 251. The molecule has 1 N–H and O–H groups in total. The van der Waals surface area contributed by atoms with Crippen LogP contribution in [0, 0.1) is 0 Å². The maximum atomic E-state index is 5.17. The number of hydrogen-bond acceptors (Lipinski definition) is 4. The summed E-state index contributed by atoms with van der Waals surface area (Å²) in [6.07, 6.45) is 2.47. The fourth-order valence-electron chi connectivity index (χ4n) is 3.55. The maximum Gasteiger partial charge on any atom is 0.0474 e. The van der Waals surface area contributed by atoms with E-state index in [1.54, 1.807) is 7.11 Å². The van der Waals surface area contributed by atoms with Gasteiger partial charge in [0.25, 0.3) is 0 Å². The Kier molecular flexibility index (Phi) is 5.01. The highest BCUT2D eigenvalue weighted by Gasteiger charge is 2.43. The Morgan fingerprint density at radius 1 is 1.22 bits per heavy atom. The molecule has 2 aliphatic rings. The van der Waals surface area contributed by atoms with Crippen LogP contribution in [0.25, 0.3) is 0 Å². The van der Waals surface area contributed by atoms with Crippen molar-refractivity contribution in [1.82, 2.24) is 15.1 Å². The molecule has 106 valence electrons. The first-order valence-electron chi connectivity index (χ1n) is 7.35. The van der Waals surface area contributed by atoms with Crippen molar-refractivity contribution in [3.8, 4) is 0 Å². The van der Waals surface area contributed by atoms with Gasteiger partial charge in [0.2, 0.25) is 0 Å². The summed E-state index contributed by atoms with van der Waals surface area (Å²) in [5.41, 5.74) is 0.311. The van der Waals surface area contributed by atoms with Crippen molar-refractivity contribution < 1.29 is 4.74 Å². The molecular formula is C14H29N3O. The van der Waals surface area contributed by atoms with Gasteiger partial charge in [0, 0.05) is 64.6 Å². The Labute approximate surface area is 112 Å². The monoisotopic (exact) mass is 255 g/mol. The highest BCUT2D eigenvalue weighted by atomic mass is 16.5. The summed E-state index contributed by atoms with van der Waals surface area (Å²) in [6, 6.07) is 0.724. The summed E-state index contributed by atoms with van der Waals surface area (Å²) in [4.78, 5) is 5.34. The molecule has 18 heavy (non-hydrogen) atoms. The first-order valence-corrected chi connectivity index (χ1v) is 7.35. The number of piperazine rings is 1. The third kappa shape index (κ3) is 3.05. The highest BCUT2D eigenvalue weighted by Crippen LogP contribution is 2.32. The van der Waals surface area contributed by atoms with Gasteiger partial charge in [-0.2, -0.15) is 0 Å². The molecule has 1 unspecified atom stereocenters. The number of methoxy groups -OCH3 is 1. The summed E-state index contributed by atoms with van der Waals surface area (Å²) >= 11 is 0. The van der Waals surface area contributed by atoms with Gasteiger partial charge in [0.1, 0.15) is 0 Å². The van der Waals surface area contributed by atoms with Gasteiger partial charge in [-0.3, -0.25) is 9.80 Å². The van der Waals surface area contributed by atoms with Crippen molar-refractivity contribution in [3.63, 3.8) is 0 Å². The van der Waals surface area contributed by atoms with Crippen LogP contribution in [-0.4, -0.2) is 74.4 Å². The fraction of sp³-hybridized carbons (Fsp3) is 1.00. The fourth-order valence-corrected chi connectivity index (χ4v) is 3.55. The Morgan fingerprint density at radius 3 is 2.61 bits per heavy atom. The van der Waals surface area contributed by atoms with E-state index in [-0.39, 0.29) is 0 Å². The van der Waals surface area contributed by atoms with E-state index in [4.69, 9.17) is 4.74 Å². The van der Waals surface area contributed by atoms with Crippen LogP contribution in [0.15, 0.2) is 0 Å². The van der Waals surface area contributed by atoms with Gasteiger partial charge >= 0.3 is 0 Å². The molecule has 2 heterocycles. The van der Waals surface area contributed by atoms with Crippen molar-refractivity contribution >= 4 is 0 Å². The number of likely N-dealkylation sites (tertiary alicyclic amines) is 1. The van der Waals surface area contributed by atoms with Crippen LogP contribution in [0.2, 0.25) is 0 Å². The molecule has 2 saturated heterocycles. The quantitative estimate of drug-likeness (QED) is 0.735. The summed E-state index contributed by atoms with van der Waals surface area (Å²) in [5, 5.41) is 3.45. The number of nitrogens with zero attached hydrogens (tertiary/aromatic N) is 2. The average Bonchev–Trinajstić information content (AvgIpc) is 2.66. The molecule has 0 saturated carbocycles. The minimum atomic E-state index is 0.311. The molecule has 0 bridgehead atoms. The first-order chi connectivity index (χ1) is 8.66. The van der Waals surface area contributed by atoms with Gasteiger partial charge in [-0.05, 0) is 26.7 Å². The third-order valence-electron chi connectivity index (χ3n) is 4.67. The molecule has 2 aliphatic heterocycles. The smallest absolute Gasteiger partial charge is 0.0474 e. The van der Waals surface area contributed by atoms with Crippen LogP contribution in [-0.2, 0) is 4.74 Å². The highest BCUT2D eigenvalue weighted by molar-refractivity contribution is 5.01. The summed E-state index contributed by atoms with van der Waals surface area (Å²) in [7, 11) is 1.79. The van der Waals surface area contributed by atoms with Crippen LogP contribution in [0.3, 0.4) is 0 Å². The predicted molar refractivity (Wildman–Crippen MR) is 75.0 cm³/mol. The van der Waals surface area contributed by atoms with Crippen molar-refractivity contribution in [2.24, 2.45) is 0 Å². The van der Waals surface area contributed by atoms with Gasteiger partial charge in [-0.15, -0.1) is 0 Å².